The third-order valence-corrected chi connectivity index (χ3v) is 3.78. The van der Waals surface area contributed by atoms with Crippen LogP contribution in [-0.4, -0.2) is 29.3 Å². The van der Waals surface area contributed by atoms with Gasteiger partial charge in [-0.05, 0) is 31.0 Å². The Kier molecular flexibility index (Phi) is 3.15. The molecule has 1 aromatic carbocycles. The number of hydrogen-bond acceptors (Lipinski definition) is 3. The number of rotatable bonds is 3. The molecule has 1 aliphatic carbocycles. The van der Waals surface area contributed by atoms with Gasteiger partial charge in [-0.2, -0.15) is 5.26 Å². The van der Waals surface area contributed by atoms with E-state index in [1.54, 1.807) is 24.3 Å². The Morgan fingerprint density at radius 1 is 1.40 bits per heavy atom. The Bertz CT molecular complexity index is 601. The molecule has 102 valence electrons. The van der Waals surface area contributed by atoms with Gasteiger partial charge < -0.3 is 10.2 Å². The quantitative estimate of drug-likeness (QED) is 0.903. The summed E-state index contributed by atoms with van der Waals surface area (Å²) in [5.41, 5.74) is 1.11. The zero-order chi connectivity index (χ0) is 14.1. The van der Waals surface area contributed by atoms with Crippen molar-refractivity contribution in [2.45, 2.75) is 25.3 Å². The number of hydrogen-bond donors (Lipinski definition) is 1. The standard InChI is InChI=1S/C15H15N3O2/c16-8-10-2-1-3-12(6-10)17-15(20)11-7-14(19)18(9-11)13-4-5-13/h1-3,6,11,13H,4-5,7,9H2,(H,17,20)/t11-/m1/s1. The molecule has 1 aliphatic heterocycles. The van der Waals surface area contributed by atoms with E-state index in [-0.39, 0.29) is 17.7 Å². The van der Waals surface area contributed by atoms with Crippen molar-refractivity contribution in [2.24, 2.45) is 5.92 Å². The Hall–Kier alpha value is -2.35. The first kappa shape index (κ1) is 12.7. The van der Waals surface area contributed by atoms with Crippen LogP contribution < -0.4 is 5.32 Å². The van der Waals surface area contributed by atoms with Crippen LogP contribution in [0.4, 0.5) is 5.69 Å². The predicted molar refractivity (Wildman–Crippen MR) is 72.6 cm³/mol. The average Bonchev–Trinajstić information content (AvgIpc) is 3.21. The normalized spacial score (nSPS) is 21.6. The van der Waals surface area contributed by atoms with Crippen LogP contribution in [0.3, 0.4) is 0 Å². The molecule has 1 heterocycles. The zero-order valence-electron chi connectivity index (χ0n) is 11.0. The van der Waals surface area contributed by atoms with Crippen LogP contribution in [0.1, 0.15) is 24.8 Å². The van der Waals surface area contributed by atoms with Crippen molar-refractivity contribution < 1.29 is 9.59 Å². The van der Waals surface area contributed by atoms with E-state index in [2.05, 4.69) is 5.32 Å². The van der Waals surface area contributed by atoms with Gasteiger partial charge in [-0.3, -0.25) is 9.59 Å². The fourth-order valence-electron chi connectivity index (χ4n) is 2.56. The van der Waals surface area contributed by atoms with Crippen LogP contribution in [0.25, 0.3) is 0 Å². The number of carbonyl (C=O) groups excluding carboxylic acids is 2. The largest absolute Gasteiger partial charge is 0.339 e. The minimum atomic E-state index is -0.283. The second-order valence-corrected chi connectivity index (χ2v) is 5.36. The molecule has 0 spiro atoms. The van der Waals surface area contributed by atoms with Crippen molar-refractivity contribution in [3.63, 3.8) is 0 Å². The van der Waals surface area contributed by atoms with Crippen molar-refractivity contribution in [1.29, 1.82) is 5.26 Å². The molecule has 1 atom stereocenters. The van der Waals surface area contributed by atoms with Crippen molar-refractivity contribution in [1.82, 2.24) is 4.90 Å². The first-order valence-electron chi connectivity index (χ1n) is 6.78. The second-order valence-electron chi connectivity index (χ2n) is 5.36. The number of benzene rings is 1. The molecule has 0 bridgehead atoms. The number of nitriles is 1. The predicted octanol–water partition coefficient (Wildman–Crippen LogP) is 1.51. The number of likely N-dealkylation sites (tertiary alicyclic amines) is 1. The number of nitrogens with zero attached hydrogens (tertiary/aromatic N) is 2. The molecule has 2 amide bonds. The fourth-order valence-corrected chi connectivity index (χ4v) is 2.56. The molecule has 3 rings (SSSR count). The van der Waals surface area contributed by atoms with Crippen molar-refractivity contribution in [3.8, 4) is 6.07 Å². The van der Waals surface area contributed by atoms with Gasteiger partial charge in [0.15, 0.2) is 0 Å². The van der Waals surface area contributed by atoms with Crippen LogP contribution in [-0.2, 0) is 9.59 Å². The minimum Gasteiger partial charge on any atom is -0.339 e. The van der Waals surface area contributed by atoms with Gasteiger partial charge in [0.05, 0.1) is 17.6 Å². The van der Waals surface area contributed by atoms with Gasteiger partial charge in [-0.1, -0.05) is 6.07 Å². The van der Waals surface area contributed by atoms with E-state index in [0.29, 0.717) is 30.3 Å². The third-order valence-electron chi connectivity index (χ3n) is 3.78. The lowest BCUT2D eigenvalue weighted by Crippen LogP contribution is -2.29. The van der Waals surface area contributed by atoms with E-state index < -0.39 is 0 Å². The Morgan fingerprint density at radius 3 is 2.90 bits per heavy atom. The lowest BCUT2D eigenvalue weighted by molar-refractivity contribution is -0.128. The topological polar surface area (TPSA) is 73.2 Å². The Morgan fingerprint density at radius 2 is 2.20 bits per heavy atom. The minimum absolute atomic E-state index is 0.0819. The van der Waals surface area contributed by atoms with Gasteiger partial charge in [0, 0.05) is 24.7 Å². The summed E-state index contributed by atoms with van der Waals surface area (Å²) >= 11 is 0. The molecule has 5 nitrogen and oxygen atoms in total. The fraction of sp³-hybridized carbons (Fsp3) is 0.400. The van der Waals surface area contributed by atoms with E-state index in [4.69, 9.17) is 5.26 Å². The highest BCUT2D eigenvalue weighted by Crippen LogP contribution is 2.32. The van der Waals surface area contributed by atoms with E-state index >= 15 is 0 Å². The number of anilines is 1. The summed E-state index contributed by atoms with van der Waals surface area (Å²) in [6.07, 6.45) is 2.41. The molecule has 2 fully saturated rings. The Balaban J connectivity index is 1.64. The molecular weight excluding hydrogens is 254 g/mol. The molecule has 1 N–H and O–H groups in total. The lowest BCUT2D eigenvalue weighted by atomic mass is 10.1. The second kappa shape index (κ2) is 4.97. The first-order chi connectivity index (χ1) is 9.67. The molecule has 1 saturated carbocycles. The smallest absolute Gasteiger partial charge is 0.229 e. The molecular formula is C15H15N3O2. The van der Waals surface area contributed by atoms with E-state index in [1.807, 2.05) is 11.0 Å². The molecule has 1 aromatic rings. The van der Waals surface area contributed by atoms with E-state index in [9.17, 15) is 9.59 Å². The first-order valence-corrected chi connectivity index (χ1v) is 6.78. The highest BCUT2D eigenvalue weighted by Gasteiger charge is 2.41. The van der Waals surface area contributed by atoms with Gasteiger partial charge in [0.25, 0.3) is 0 Å². The summed E-state index contributed by atoms with van der Waals surface area (Å²) in [6.45, 7) is 0.521. The molecule has 0 radical (unpaired) electrons. The van der Waals surface area contributed by atoms with Gasteiger partial charge in [0.2, 0.25) is 11.8 Å². The number of amides is 2. The van der Waals surface area contributed by atoms with Crippen LogP contribution in [0.15, 0.2) is 24.3 Å². The number of nitrogens with one attached hydrogen (secondary N) is 1. The van der Waals surface area contributed by atoms with Crippen molar-refractivity contribution in [2.75, 3.05) is 11.9 Å². The Labute approximate surface area is 117 Å². The van der Waals surface area contributed by atoms with E-state index in [1.165, 1.54) is 0 Å². The average molecular weight is 269 g/mol. The van der Waals surface area contributed by atoms with Crippen LogP contribution in [0.5, 0.6) is 0 Å². The summed E-state index contributed by atoms with van der Waals surface area (Å²) in [4.78, 5) is 25.8. The molecule has 2 aliphatic rings. The lowest BCUT2D eigenvalue weighted by Gasteiger charge is -2.15. The van der Waals surface area contributed by atoms with E-state index in [0.717, 1.165) is 12.8 Å². The maximum atomic E-state index is 12.2. The highest BCUT2D eigenvalue weighted by molar-refractivity contribution is 5.97. The maximum absolute atomic E-state index is 12.2. The molecule has 5 heteroatoms. The maximum Gasteiger partial charge on any atom is 0.229 e. The van der Waals surface area contributed by atoms with Crippen molar-refractivity contribution in [3.05, 3.63) is 29.8 Å². The highest BCUT2D eigenvalue weighted by atomic mass is 16.2. The summed E-state index contributed by atoms with van der Waals surface area (Å²) in [5.74, 6) is -0.344. The molecule has 1 saturated heterocycles. The number of carbonyl (C=O) groups is 2. The zero-order valence-corrected chi connectivity index (χ0v) is 11.0. The molecule has 0 unspecified atom stereocenters. The molecule has 20 heavy (non-hydrogen) atoms. The van der Waals surface area contributed by atoms with Crippen LogP contribution in [0.2, 0.25) is 0 Å². The summed E-state index contributed by atoms with van der Waals surface area (Å²) < 4.78 is 0. The third kappa shape index (κ3) is 2.50. The summed E-state index contributed by atoms with van der Waals surface area (Å²) in [7, 11) is 0. The SMILES string of the molecule is N#Cc1cccc(NC(=O)[C@@H]2CC(=O)N(C3CC3)C2)c1. The van der Waals surface area contributed by atoms with Gasteiger partial charge >= 0.3 is 0 Å². The van der Waals surface area contributed by atoms with Crippen LogP contribution in [0, 0.1) is 17.2 Å². The van der Waals surface area contributed by atoms with Crippen LogP contribution >= 0.6 is 0 Å². The van der Waals surface area contributed by atoms with Gasteiger partial charge in [-0.25, -0.2) is 0 Å². The summed E-state index contributed by atoms with van der Waals surface area (Å²) in [5, 5.41) is 11.6. The van der Waals surface area contributed by atoms with Gasteiger partial charge in [0.1, 0.15) is 0 Å². The van der Waals surface area contributed by atoms with Crippen molar-refractivity contribution >= 4 is 17.5 Å². The molecule has 0 aromatic heterocycles. The monoisotopic (exact) mass is 269 g/mol. The van der Waals surface area contributed by atoms with Gasteiger partial charge in [-0.15, -0.1) is 0 Å². The summed E-state index contributed by atoms with van der Waals surface area (Å²) in [6, 6.07) is 9.18.